The molecule has 2 N–H and O–H groups in total. The van der Waals surface area contributed by atoms with Gasteiger partial charge >= 0.3 is 0 Å². The molecule has 1 aliphatic heterocycles. The zero-order valence-electron chi connectivity index (χ0n) is 10.5. The third kappa shape index (κ3) is 6.56. The summed E-state index contributed by atoms with van der Waals surface area (Å²) in [6.07, 6.45) is 4.57. The normalized spacial score (nSPS) is 19.1. The Morgan fingerprint density at radius 3 is 3.00 bits per heavy atom. The average molecular weight is 258 g/mol. The summed E-state index contributed by atoms with van der Waals surface area (Å²) in [4.78, 5) is 22.4. The first kappa shape index (κ1) is 14.4. The maximum absolute atomic E-state index is 11.4. The van der Waals surface area contributed by atoms with Crippen molar-refractivity contribution in [2.24, 2.45) is 0 Å². The number of carbonyl (C=O) groups excluding carboxylic acids is 2. The number of unbranched alkanes of at least 4 members (excludes halogenated alkanes) is 2. The van der Waals surface area contributed by atoms with Crippen molar-refractivity contribution in [3.05, 3.63) is 0 Å². The van der Waals surface area contributed by atoms with E-state index in [4.69, 9.17) is 0 Å². The molecule has 17 heavy (non-hydrogen) atoms. The van der Waals surface area contributed by atoms with E-state index in [9.17, 15) is 9.59 Å². The quantitative estimate of drug-likeness (QED) is 0.645. The van der Waals surface area contributed by atoms with E-state index < -0.39 is 0 Å². The molecule has 2 amide bonds. The summed E-state index contributed by atoms with van der Waals surface area (Å²) in [5.74, 6) is 1.07. The van der Waals surface area contributed by atoms with Crippen LogP contribution in [0.15, 0.2) is 0 Å². The Hall–Kier alpha value is -0.710. The molecule has 1 atom stereocenters. The van der Waals surface area contributed by atoms with E-state index in [1.807, 2.05) is 0 Å². The van der Waals surface area contributed by atoms with Gasteiger partial charge in [-0.2, -0.15) is 11.8 Å². The summed E-state index contributed by atoms with van der Waals surface area (Å²) in [6, 6.07) is 0. The number of thioether (sulfide) groups is 1. The fourth-order valence-electron chi connectivity index (χ4n) is 1.71. The fraction of sp³-hybridized carbons (Fsp3) is 0.833. The molecule has 1 fully saturated rings. The van der Waals surface area contributed by atoms with Crippen molar-refractivity contribution in [3.63, 3.8) is 0 Å². The number of amides is 2. The highest BCUT2D eigenvalue weighted by Crippen LogP contribution is 2.18. The molecule has 0 aromatic rings. The number of rotatable bonds is 8. The van der Waals surface area contributed by atoms with Gasteiger partial charge in [0.05, 0.1) is 0 Å². The molecule has 1 rings (SSSR count). The summed E-state index contributed by atoms with van der Waals surface area (Å²) in [7, 11) is 0. The van der Waals surface area contributed by atoms with Crippen molar-refractivity contribution in [2.45, 2.75) is 44.3 Å². The van der Waals surface area contributed by atoms with Gasteiger partial charge in [-0.25, -0.2) is 0 Å². The van der Waals surface area contributed by atoms with Crippen LogP contribution in [0.4, 0.5) is 0 Å². The molecule has 5 heteroatoms. The SMILES string of the molecule is CCCCCNC(=O)CCSC1CNC(=O)C1. The highest BCUT2D eigenvalue weighted by atomic mass is 32.2. The maximum atomic E-state index is 11.4. The predicted molar refractivity (Wildman–Crippen MR) is 71.0 cm³/mol. The third-order valence-corrected chi connectivity index (χ3v) is 3.97. The van der Waals surface area contributed by atoms with Crippen molar-refractivity contribution < 1.29 is 9.59 Å². The Morgan fingerprint density at radius 1 is 1.53 bits per heavy atom. The zero-order valence-corrected chi connectivity index (χ0v) is 11.3. The Morgan fingerprint density at radius 2 is 2.35 bits per heavy atom. The monoisotopic (exact) mass is 258 g/mol. The molecule has 1 saturated heterocycles. The smallest absolute Gasteiger partial charge is 0.221 e. The van der Waals surface area contributed by atoms with Crippen molar-refractivity contribution in [2.75, 3.05) is 18.8 Å². The maximum Gasteiger partial charge on any atom is 0.221 e. The van der Waals surface area contributed by atoms with Crippen LogP contribution in [0.3, 0.4) is 0 Å². The minimum absolute atomic E-state index is 0.130. The Labute approximate surface area is 107 Å². The Kier molecular flexibility index (Phi) is 7.08. The number of hydrogen-bond donors (Lipinski definition) is 2. The lowest BCUT2D eigenvalue weighted by Crippen LogP contribution is -2.25. The van der Waals surface area contributed by atoms with Crippen molar-refractivity contribution >= 4 is 23.6 Å². The van der Waals surface area contributed by atoms with E-state index in [0.29, 0.717) is 18.1 Å². The van der Waals surface area contributed by atoms with E-state index in [1.165, 1.54) is 12.8 Å². The lowest BCUT2D eigenvalue weighted by atomic mass is 10.2. The first-order chi connectivity index (χ1) is 8.22. The van der Waals surface area contributed by atoms with E-state index in [-0.39, 0.29) is 11.8 Å². The summed E-state index contributed by atoms with van der Waals surface area (Å²) < 4.78 is 0. The Bertz CT molecular complexity index is 259. The largest absolute Gasteiger partial charge is 0.356 e. The first-order valence-electron chi connectivity index (χ1n) is 6.37. The molecule has 98 valence electrons. The van der Waals surface area contributed by atoms with Crippen LogP contribution >= 0.6 is 11.8 Å². The van der Waals surface area contributed by atoms with Gasteiger partial charge in [-0.1, -0.05) is 19.8 Å². The highest BCUT2D eigenvalue weighted by molar-refractivity contribution is 8.00. The standard InChI is InChI=1S/C12H22N2O2S/c1-2-3-4-6-13-11(15)5-7-17-10-8-12(16)14-9-10/h10H,2-9H2,1H3,(H,13,15)(H,14,16). The van der Waals surface area contributed by atoms with Crippen LogP contribution in [-0.2, 0) is 9.59 Å². The van der Waals surface area contributed by atoms with Crippen LogP contribution < -0.4 is 10.6 Å². The molecule has 0 saturated carbocycles. The molecule has 1 aliphatic rings. The second kappa shape index (κ2) is 8.39. The van der Waals surface area contributed by atoms with Gasteiger partial charge in [0, 0.05) is 36.9 Å². The summed E-state index contributed by atoms with van der Waals surface area (Å²) >= 11 is 1.72. The van der Waals surface area contributed by atoms with Gasteiger partial charge in [0.2, 0.25) is 11.8 Å². The topological polar surface area (TPSA) is 58.2 Å². The van der Waals surface area contributed by atoms with Gasteiger partial charge in [0.25, 0.3) is 0 Å². The van der Waals surface area contributed by atoms with Crippen LogP contribution in [0.25, 0.3) is 0 Å². The predicted octanol–water partition coefficient (Wildman–Crippen LogP) is 1.30. The van der Waals surface area contributed by atoms with Gasteiger partial charge in [-0.3, -0.25) is 9.59 Å². The summed E-state index contributed by atoms with van der Waals surface area (Å²) in [6.45, 7) is 3.69. The average Bonchev–Trinajstić information content (AvgIpc) is 2.71. The molecule has 4 nitrogen and oxygen atoms in total. The molecule has 0 aromatic carbocycles. The molecule has 0 bridgehead atoms. The molecule has 0 radical (unpaired) electrons. The van der Waals surface area contributed by atoms with Gasteiger partial charge < -0.3 is 10.6 Å². The highest BCUT2D eigenvalue weighted by Gasteiger charge is 2.21. The number of hydrogen-bond acceptors (Lipinski definition) is 3. The van der Waals surface area contributed by atoms with Crippen LogP contribution in [-0.4, -0.2) is 35.9 Å². The molecular weight excluding hydrogens is 236 g/mol. The minimum Gasteiger partial charge on any atom is -0.356 e. The lowest BCUT2D eigenvalue weighted by Gasteiger charge is -2.07. The van der Waals surface area contributed by atoms with Crippen LogP contribution in [0.2, 0.25) is 0 Å². The van der Waals surface area contributed by atoms with Crippen molar-refractivity contribution in [1.29, 1.82) is 0 Å². The second-order valence-electron chi connectivity index (χ2n) is 4.31. The van der Waals surface area contributed by atoms with E-state index in [0.717, 1.165) is 25.3 Å². The minimum atomic E-state index is 0.130. The van der Waals surface area contributed by atoms with E-state index in [1.54, 1.807) is 11.8 Å². The molecule has 1 unspecified atom stereocenters. The lowest BCUT2D eigenvalue weighted by molar-refractivity contribution is -0.121. The van der Waals surface area contributed by atoms with Crippen molar-refractivity contribution in [1.82, 2.24) is 10.6 Å². The van der Waals surface area contributed by atoms with Crippen LogP contribution in [0.1, 0.15) is 39.0 Å². The summed E-state index contributed by atoms with van der Waals surface area (Å²) in [5, 5.41) is 6.07. The fourth-order valence-corrected chi connectivity index (χ4v) is 2.81. The van der Waals surface area contributed by atoms with E-state index in [2.05, 4.69) is 17.6 Å². The number of carbonyl (C=O) groups is 2. The van der Waals surface area contributed by atoms with Crippen LogP contribution in [0, 0.1) is 0 Å². The van der Waals surface area contributed by atoms with Crippen molar-refractivity contribution in [3.8, 4) is 0 Å². The molecule has 1 heterocycles. The molecule has 0 spiro atoms. The van der Waals surface area contributed by atoms with E-state index >= 15 is 0 Å². The molecule has 0 aliphatic carbocycles. The summed E-state index contributed by atoms with van der Waals surface area (Å²) in [5.41, 5.74) is 0. The number of nitrogens with one attached hydrogen (secondary N) is 2. The van der Waals surface area contributed by atoms with Gasteiger partial charge in [-0.05, 0) is 6.42 Å². The molecular formula is C12H22N2O2S. The van der Waals surface area contributed by atoms with Gasteiger partial charge in [0.15, 0.2) is 0 Å². The third-order valence-electron chi connectivity index (χ3n) is 2.73. The van der Waals surface area contributed by atoms with Gasteiger partial charge in [-0.15, -0.1) is 0 Å². The zero-order chi connectivity index (χ0) is 12.5. The van der Waals surface area contributed by atoms with Gasteiger partial charge in [0.1, 0.15) is 0 Å². The Balaban J connectivity index is 1.95. The first-order valence-corrected chi connectivity index (χ1v) is 7.42. The van der Waals surface area contributed by atoms with Crippen LogP contribution in [0.5, 0.6) is 0 Å². The second-order valence-corrected chi connectivity index (χ2v) is 5.72. The molecule has 0 aromatic heterocycles.